The fraction of sp³-hybridized carbons (Fsp3) is 0.267. The van der Waals surface area contributed by atoms with Crippen LogP contribution in [0.2, 0.25) is 0 Å². The van der Waals surface area contributed by atoms with Gasteiger partial charge in [-0.05, 0) is 42.7 Å². The van der Waals surface area contributed by atoms with Crippen LogP contribution in [0, 0.1) is 19.7 Å². The quantitative estimate of drug-likeness (QED) is 0.901. The van der Waals surface area contributed by atoms with E-state index in [1.807, 2.05) is 32.0 Å². The van der Waals surface area contributed by atoms with Gasteiger partial charge in [0.25, 0.3) is 0 Å². The Kier molecular flexibility index (Phi) is 3.72. The summed E-state index contributed by atoms with van der Waals surface area (Å²) in [5, 5.41) is 10.1. The standard InChI is InChI=1S/C15H16FNO/c1-10-5-3-6-11(2)12(10)9-14(18)15-13(16)7-4-8-17-15/h3-8,14,18H,9H2,1-2H3. The highest BCUT2D eigenvalue weighted by molar-refractivity contribution is 5.34. The number of aliphatic hydroxyl groups is 1. The second-order valence-corrected chi connectivity index (χ2v) is 4.46. The molecule has 1 unspecified atom stereocenters. The van der Waals surface area contributed by atoms with Crippen LogP contribution < -0.4 is 0 Å². The molecule has 0 spiro atoms. The Balaban J connectivity index is 2.27. The van der Waals surface area contributed by atoms with Crippen molar-refractivity contribution in [3.63, 3.8) is 0 Å². The summed E-state index contributed by atoms with van der Waals surface area (Å²) in [7, 11) is 0. The molecule has 1 aromatic carbocycles. The molecule has 1 aromatic heterocycles. The van der Waals surface area contributed by atoms with Crippen LogP contribution in [0.15, 0.2) is 36.5 Å². The SMILES string of the molecule is Cc1cccc(C)c1CC(O)c1ncccc1F. The molecule has 0 fully saturated rings. The topological polar surface area (TPSA) is 33.1 Å². The van der Waals surface area contributed by atoms with Crippen molar-refractivity contribution in [1.29, 1.82) is 0 Å². The van der Waals surface area contributed by atoms with Gasteiger partial charge in [0.05, 0.1) is 0 Å². The number of aliphatic hydroxyl groups excluding tert-OH is 1. The first kappa shape index (κ1) is 12.7. The summed E-state index contributed by atoms with van der Waals surface area (Å²) < 4.78 is 13.5. The third kappa shape index (κ3) is 2.57. The molecule has 1 N–H and O–H groups in total. The van der Waals surface area contributed by atoms with E-state index >= 15 is 0 Å². The number of aryl methyl sites for hydroxylation is 2. The average Bonchev–Trinajstić information content (AvgIpc) is 2.34. The predicted octanol–water partition coefficient (Wildman–Crippen LogP) is 3.11. The number of nitrogens with zero attached hydrogens (tertiary/aromatic N) is 1. The molecular weight excluding hydrogens is 229 g/mol. The Hall–Kier alpha value is -1.74. The lowest BCUT2D eigenvalue weighted by Crippen LogP contribution is -2.08. The second-order valence-electron chi connectivity index (χ2n) is 4.46. The molecular formula is C15H16FNO. The van der Waals surface area contributed by atoms with Gasteiger partial charge in [-0.2, -0.15) is 0 Å². The molecule has 2 aromatic rings. The summed E-state index contributed by atoms with van der Waals surface area (Å²) in [5.41, 5.74) is 3.37. The van der Waals surface area contributed by atoms with Crippen LogP contribution in [0.3, 0.4) is 0 Å². The van der Waals surface area contributed by atoms with E-state index in [1.54, 1.807) is 0 Å². The van der Waals surface area contributed by atoms with Gasteiger partial charge in [0.15, 0.2) is 0 Å². The van der Waals surface area contributed by atoms with Gasteiger partial charge in [0.2, 0.25) is 0 Å². The van der Waals surface area contributed by atoms with Gasteiger partial charge in [-0.1, -0.05) is 18.2 Å². The lowest BCUT2D eigenvalue weighted by molar-refractivity contribution is 0.168. The Bertz CT molecular complexity index is 534. The fourth-order valence-corrected chi connectivity index (χ4v) is 2.10. The van der Waals surface area contributed by atoms with Crippen LogP contribution in [0.1, 0.15) is 28.5 Å². The molecule has 0 aliphatic carbocycles. The fourth-order valence-electron chi connectivity index (χ4n) is 2.10. The summed E-state index contributed by atoms with van der Waals surface area (Å²) in [6.07, 6.45) is 0.963. The minimum atomic E-state index is -0.911. The van der Waals surface area contributed by atoms with Crippen LogP contribution in [0.5, 0.6) is 0 Å². The van der Waals surface area contributed by atoms with Crippen molar-refractivity contribution in [2.75, 3.05) is 0 Å². The van der Waals surface area contributed by atoms with Gasteiger partial charge in [0.1, 0.15) is 17.6 Å². The van der Waals surface area contributed by atoms with E-state index in [-0.39, 0.29) is 5.69 Å². The van der Waals surface area contributed by atoms with Crippen LogP contribution in [0.4, 0.5) is 4.39 Å². The first-order valence-corrected chi connectivity index (χ1v) is 5.93. The smallest absolute Gasteiger partial charge is 0.147 e. The lowest BCUT2D eigenvalue weighted by atomic mass is 9.96. The molecule has 18 heavy (non-hydrogen) atoms. The van der Waals surface area contributed by atoms with Crippen molar-refractivity contribution in [3.05, 3.63) is 64.7 Å². The third-order valence-electron chi connectivity index (χ3n) is 3.14. The summed E-state index contributed by atoms with van der Waals surface area (Å²) in [6, 6.07) is 8.79. The maximum absolute atomic E-state index is 13.5. The molecule has 0 amide bonds. The normalized spacial score (nSPS) is 12.4. The zero-order chi connectivity index (χ0) is 13.1. The van der Waals surface area contributed by atoms with Crippen molar-refractivity contribution in [3.8, 4) is 0 Å². The number of pyridine rings is 1. The van der Waals surface area contributed by atoms with E-state index in [4.69, 9.17) is 0 Å². The highest BCUT2D eigenvalue weighted by atomic mass is 19.1. The predicted molar refractivity (Wildman–Crippen MR) is 68.8 cm³/mol. The molecule has 0 saturated heterocycles. The Morgan fingerprint density at radius 1 is 1.17 bits per heavy atom. The Morgan fingerprint density at radius 2 is 1.83 bits per heavy atom. The molecule has 0 aliphatic rings. The van der Waals surface area contributed by atoms with Crippen molar-refractivity contribution in [2.45, 2.75) is 26.4 Å². The lowest BCUT2D eigenvalue weighted by Gasteiger charge is -2.14. The summed E-state index contributed by atoms with van der Waals surface area (Å²) >= 11 is 0. The third-order valence-corrected chi connectivity index (χ3v) is 3.14. The highest BCUT2D eigenvalue weighted by Gasteiger charge is 2.16. The zero-order valence-electron chi connectivity index (χ0n) is 10.5. The number of hydrogen-bond donors (Lipinski definition) is 1. The van der Waals surface area contributed by atoms with E-state index in [0.29, 0.717) is 6.42 Å². The largest absolute Gasteiger partial charge is 0.386 e. The van der Waals surface area contributed by atoms with E-state index in [1.165, 1.54) is 18.3 Å². The first-order chi connectivity index (χ1) is 8.59. The molecule has 0 saturated carbocycles. The van der Waals surface area contributed by atoms with Gasteiger partial charge in [-0.25, -0.2) is 4.39 Å². The van der Waals surface area contributed by atoms with E-state index in [0.717, 1.165) is 16.7 Å². The van der Waals surface area contributed by atoms with E-state index < -0.39 is 11.9 Å². The number of rotatable bonds is 3. The van der Waals surface area contributed by atoms with Crippen LogP contribution in [-0.2, 0) is 6.42 Å². The number of aromatic nitrogens is 1. The zero-order valence-corrected chi connectivity index (χ0v) is 10.5. The molecule has 0 radical (unpaired) electrons. The summed E-state index contributed by atoms with van der Waals surface area (Å²) in [4.78, 5) is 3.91. The monoisotopic (exact) mass is 245 g/mol. The minimum absolute atomic E-state index is 0.111. The van der Waals surface area contributed by atoms with Crippen molar-refractivity contribution in [1.82, 2.24) is 4.98 Å². The van der Waals surface area contributed by atoms with Crippen LogP contribution in [-0.4, -0.2) is 10.1 Å². The number of hydrogen-bond acceptors (Lipinski definition) is 2. The van der Waals surface area contributed by atoms with Crippen LogP contribution in [0.25, 0.3) is 0 Å². The summed E-state index contributed by atoms with van der Waals surface area (Å²) in [6.45, 7) is 3.98. The van der Waals surface area contributed by atoms with Gasteiger partial charge < -0.3 is 5.11 Å². The second kappa shape index (κ2) is 5.27. The Morgan fingerprint density at radius 3 is 2.44 bits per heavy atom. The van der Waals surface area contributed by atoms with E-state index in [2.05, 4.69) is 4.98 Å². The maximum Gasteiger partial charge on any atom is 0.147 e. The molecule has 0 bridgehead atoms. The van der Waals surface area contributed by atoms with E-state index in [9.17, 15) is 9.50 Å². The van der Waals surface area contributed by atoms with Gasteiger partial charge in [-0.3, -0.25) is 4.98 Å². The molecule has 3 heteroatoms. The molecule has 94 valence electrons. The molecule has 2 nitrogen and oxygen atoms in total. The van der Waals surface area contributed by atoms with Crippen molar-refractivity contribution >= 4 is 0 Å². The Labute approximate surface area is 106 Å². The molecule has 1 atom stereocenters. The van der Waals surface area contributed by atoms with Gasteiger partial charge >= 0.3 is 0 Å². The highest BCUT2D eigenvalue weighted by Crippen LogP contribution is 2.23. The number of benzene rings is 1. The molecule has 0 aliphatic heterocycles. The first-order valence-electron chi connectivity index (χ1n) is 5.93. The van der Waals surface area contributed by atoms with Gasteiger partial charge in [-0.15, -0.1) is 0 Å². The van der Waals surface area contributed by atoms with Crippen molar-refractivity contribution in [2.24, 2.45) is 0 Å². The minimum Gasteiger partial charge on any atom is -0.386 e. The average molecular weight is 245 g/mol. The molecule has 2 rings (SSSR count). The maximum atomic E-state index is 13.5. The van der Waals surface area contributed by atoms with Crippen LogP contribution >= 0.6 is 0 Å². The molecule has 1 heterocycles. The van der Waals surface area contributed by atoms with Gasteiger partial charge in [0, 0.05) is 12.6 Å². The van der Waals surface area contributed by atoms with Crippen molar-refractivity contribution < 1.29 is 9.50 Å². The number of halogens is 1. The summed E-state index contributed by atoms with van der Waals surface area (Å²) in [5.74, 6) is -0.462.